The second-order valence-electron chi connectivity index (χ2n) is 8.84. The Kier molecular flexibility index (Phi) is 6.67. The first-order valence-corrected chi connectivity index (χ1v) is 11.8. The highest BCUT2D eigenvalue weighted by molar-refractivity contribution is 5.86. The molecule has 2 aliphatic rings. The number of fused-ring (bicyclic) bond motifs is 2. The number of allylic oxidation sites excluding steroid dienone is 2. The molecule has 1 unspecified atom stereocenters. The van der Waals surface area contributed by atoms with E-state index in [1.807, 2.05) is 20.8 Å². The zero-order chi connectivity index (χ0) is 25.4. The van der Waals surface area contributed by atoms with Crippen molar-refractivity contribution in [2.75, 3.05) is 6.54 Å². The predicted octanol–water partition coefficient (Wildman–Crippen LogP) is 1.65. The number of nitrogens with one attached hydrogen (secondary N) is 1. The first kappa shape index (κ1) is 24.5. The van der Waals surface area contributed by atoms with E-state index in [1.54, 1.807) is 35.8 Å². The average molecular weight is 479 g/mol. The molecule has 35 heavy (non-hydrogen) atoms. The summed E-state index contributed by atoms with van der Waals surface area (Å²) in [5, 5.41) is 14.6. The molecule has 184 valence electrons. The lowest BCUT2D eigenvalue weighted by molar-refractivity contribution is -0.172. The van der Waals surface area contributed by atoms with Gasteiger partial charge in [-0.15, -0.1) is 0 Å². The molecule has 0 bridgehead atoms. The van der Waals surface area contributed by atoms with Gasteiger partial charge in [0.1, 0.15) is 18.4 Å². The number of nitrogens with zero attached hydrogens (tertiary/aromatic N) is 1. The van der Waals surface area contributed by atoms with Crippen LogP contribution in [0.3, 0.4) is 0 Å². The van der Waals surface area contributed by atoms with E-state index in [-0.39, 0.29) is 17.9 Å². The minimum atomic E-state index is -1.30. The quantitative estimate of drug-likeness (QED) is 0.608. The van der Waals surface area contributed by atoms with Gasteiger partial charge in [0.2, 0.25) is 6.10 Å². The van der Waals surface area contributed by atoms with Crippen molar-refractivity contribution >= 4 is 29.7 Å². The largest absolute Gasteiger partial charge is 0.508 e. The van der Waals surface area contributed by atoms with Crippen LogP contribution >= 0.6 is 0 Å². The van der Waals surface area contributed by atoms with Gasteiger partial charge in [-0.3, -0.25) is 9.59 Å². The summed E-state index contributed by atoms with van der Waals surface area (Å²) in [6.07, 6.45) is -0.624. The molecule has 0 amide bonds. The molecular formula is C27H30N2O6. The highest BCUT2D eigenvalue weighted by Crippen LogP contribution is 2.36. The molecule has 3 heterocycles. The number of esters is 2. The number of cyclic esters (lactones) is 1. The highest BCUT2D eigenvalue weighted by atomic mass is 16.6. The van der Waals surface area contributed by atoms with E-state index in [4.69, 9.17) is 9.47 Å². The molecule has 0 aliphatic carbocycles. The van der Waals surface area contributed by atoms with Gasteiger partial charge in [0.05, 0.1) is 12.1 Å². The molecule has 2 atom stereocenters. The smallest absolute Gasteiger partial charge is 0.352 e. The van der Waals surface area contributed by atoms with Crippen molar-refractivity contribution in [3.05, 3.63) is 67.5 Å². The number of hydrogen-bond acceptors (Lipinski definition) is 7. The molecule has 0 saturated carbocycles. The van der Waals surface area contributed by atoms with Gasteiger partial charge in [-0.25, -0.2) is 4.79 Å². The van der Waals surface area contributed by atoms with E-state index in [2.05, 4.69) is 11.9 Å². The van der Waals surface area contributed by atoms with Crippen molar-refractivity contribution in [2.24, 2.45) is 0 Å². The van der Waals surface area contributed by atoms with Crippen molar-refractivity contribution in [3.63, 3.8) is 0 Å². The minimum absolute atomic E-state index is 0.145. The van der Waals surface area contributed by atoms with Gasteiger partial charge in [0.15, 0.2) is 0 Å². The maximum absolute atomic E-state index is 13.5. The monoisotopic (exact) mass is 478 g/mol. The van der Waals surface area contributed by atoms with E-state index < -0.39 is 24.1 Å². The number of rotatable bonds is 6. The molecule has 0 spiro atoms. The molecule has 0 radical (unpaired) electrons. The lowest BCUT2D eigenvalue weighted by atomic mass is 9.95. The number of benzene rings is 1. The van der Waals surface area contributed by atoms with Crippen LogP contribution in [0.25, 0.3) is 17.7 Å². The molecule has 8 heteroatoms. The number of phenols is 1. The number of carbonyl (C=O) groups excluding carboxylic acids is 2. The third-order valence-corrected chi connectivity index (χ3v) is 6.68. The Labute approximate surface area is 203 Å². The maximum Gasteiger partial charge on any atom is 0.352 e. The molecule has 1 aromatic carbocycles. The highest BCUT2D eigenvalue weighted by Gasteiger charge is 2.38. The van der Waals surface area contributed by atoms with Crippen LogP contribution in [0.15, 0.2) is 34.6 Å². The number of ether oxygens (including phenoxy) is 2. The zero-order valence-electron chi connectivity index (χ0n) is 20.4. The number of phenolic OH excluding ortho intramolecular Hbond substituents is 1. The second-order valence-corrected chi connectivity index (χ2v) is 8.84. The van der Waals surface area contributed by atoms with Crippen molar-refractivity contribution < 1.29 is 24.2 Å². The van der Waals surface area contributed by atoms with Gasteiger partial charge < -0.3 is 24.5 Å². The molecule has 0 fully saturated rings. The topological polar surface area (TPSA) is 107 Å². The van der Waals surface area contributed by atoms with E-state index in [0.29, 0.717) is 36.3 Å². The standard InChI is InChI=1S/C27H30N2O6/c1-6-18(19-10-17(30)9-8-14(19)3)21-12-29-23(15(21)4)11-20-22(25(29)31)13-34-27(33)24(20)35-26(32)16(5)28-7-2/h8-11,16,24,28,30H,3,6-7,12-13H2,1-2,4-5H3/b19-18-/t16?,24-/m0/s1. The van der Waals surface area contributed by atoms with Crippen LogP contribution in [-0.2, 0) is 32.2 Å². The second kappa shape index (κ2) is 9.54. The molecule has 4 rings (SSSR count). The van der Waals surface area contributed by atoms with Crippen molar-refractivity contribution in [3.8, 4) is 5.75 Å². The Hall–Kier alpha value is -3.65. The maximum atomic E-state index is 13.5. The minimum Gasteiger partial charge on any atom is -0.508 e. The van der Waals surface area contributed by atoms with Crippen LogP contribution in [0, 0.1) is 0 Å². The molecule has 2 aliphatic heterocycles. The van der Waals surface area contributed by atoms with Gasteiger partial charge >= 0.3 is 11.9 Å². The Morgan fingerprint density at radius 1 is 1.31 bits per heavy atom. The van der Waals surface area contributed by atoms with E-state index >= 15 is 0 Å². The lowest BCUT2D eigenvalue weighted by Gasteiger charge is -2.26. The van der Waals surface area contributed by atoms with E-state index in [1.165, 1.54) is 0 Å². The Morgan fingerprint density at radius 2 is 2.06 bits per heavy atom. The zero-order valence-corrected chi connectivity index (χ0v) is 20.4. The van der Waals surface area contributed by atoms with Gasteiger partial charge in [-0.1, -0.05) is 26.5 Å². The molecule has 0 saturated heterocycles. The number of pyridine rings is 1. The van der Waals surface area contributed by atoms with E-state index in [0.717, 1.165) is 27.2 Å². The summed E-state index contributed by atoms with van der Waals surface area (Å²) in [4.78, 5) is 38.6. The molecule has 2 aromatic rings. The number of aromatic hydroxyl groups is 1. The first-order chi connectivity index (χ1) is 16.7. The fraction of sp³-hybridized carbons (Fsp3) is 0.370. The van der Waals surface area contributed by atoms with Gasteiger partial charge in [0, 0.05) is 11.3 Å². The number of carbonyl (C=O) groups is 2. The average Bonchev–Trinajstić information content (AvgIpc) is 3.15. The Balaban J connectivity index is 1.84. The third-order valence-electron chi connectivity index (χ3n) is 6.68. The number of hydrogen-bond donors (Lipinski definition) is 2. The Morgan fingerprint density at radius 3 is 2.74 bits per heavy atom. The number of likely N-dealkylation sites (N-methyl/N-ethyl adjacent to an activating group) is 1. The fourth-order valence-electron chi connectivity index (χ4n) is 4.78. The summed E-state index contributed by atoms with van der Waals surface area (Å²) in [6, 6.07) is 6.20. The van der Waals surface area contributed by atoms with Crippen molar-refractivity contribution in [1.82, 2.24) is 9.88 Å². The lowest BCUT2D eigenvalue weighted by Crippen LogP contribution is -2.39. The SMILES string of the molecule is C=c1ccc(O)c/c1=C(\CC)C1=C(C)c2cc3c(c(=O)n2C1)COC(=O)[C@H]3OC(=O)C(C)NCC. The van der Waals surface area contributed by atoms with Gasteiger partial charge in [-0.2, -0.15) is 0 Å². The first-order valence-electron chi connectivity index (χ1n) is 11.8. The number of aromatic nitrogens is 1. The van der Waals surface area contributed by atoms with Crippen molar-refractivity contribution in [1.29, 1.82) is 0 Å². The van der Waals surface area contributed by atoms with Crippen LogP contribution in [0.4, 0.5) is 0 Å². The molecule has 1 aromatic heterocycles. The molecule has 2 N–H and O–H groups in total. The normalized spacial score (nSPS) is 18.5. The van der Waals surface area contributed by atoms with E-state index in [9.17, 15) is 19.5 Å². The van der Waals surface area contributed by atoms with Crippen LogP contribution in [0.5, 0.6) is 5.75 Å². The van der Waals surface area contributed by atoms with Crippen LogP contribution in [0.2, 0.25) is 0 Å². The summed E-state index contributed by atoms with van der Waals surface area (Å²) in [6.45, 7) is 12.3. The fourth-order valence-corrected chi connectivity index (χ4v) is 4.78. The summed E-state index contributed by atoms with van der Waals surface area (Å²) in [5.74, 6) is -1.14. The molecule has 8 nitrogen and oxygen atoms in total. The van der Waals surface area contributed by atoms with Crippen molar-refractivity contribution in [2.45, 2.75) is 59.4 Å². The van der Waals surface area contributed by atoms with Crippen LogP contribution in [-0.4, -0.2) is 34.2 Å². The summed E-state index contributed by atoms with van der Waals surface area (Å²) in [5.41, 5.74) is 3.89. The Bertz CT molecular complexity index is 1420. The predicted molar refractivity (Wildman–Crippen MR) is 132 cm³/mol. The molecular weight excluding hydrogens is 448 g/mol. The summed E-state index contributed by atoms with van der Waals surface area (Å²) >= 11 is 0. The van der Waals surface area contributed by atoms with Crippen LogP contribution < -0.4 is 21.3 Å². The third kappa shape index (κ3) is 4.30. The summed E-state index contributed by atoms with van der Waals surface area (Å²) in [7, 11) is 0. The van der Waals surface area contributed by atoms with Crippen LogP contribution in [0.1, 0.15) is 57.0 Å². The van der Waals surface area contributed by atoms with Gasteiger partial charge in [-0.05, 0) is 72.2 Å². The summed E-state index contributed by atoms with van der Waals surface area (Å²) < 4.78 is 12.4. The van der Waals surface area contributed by atoms with Gasteiger partial charge in [0.25, 0.3) is 5.56 Å².